The first-order valence-electron chi connectivity index (χ1n) is 17.1. The Labute approximate surface area is 291 Å². The van der Waals surface area contributed by atoms with Gasteiger partial charge in [0.05, 0.1) is 12.6 Å². The van der Waals surface area contributed by atoms with Gasteiger partial charge in [-0.05, 0) is 58.0 Å². The molecule has 4 aromatic rings. The first kappa shape index (κ1) is 37.3. The van der Waals surface area contributed by atoms with Gasteiger partial charge in [-0.15, -0.1) is 0 Å². The van der Waals surface area contributed by atoms with Crippen molar-refractivity contribution >= 4 is 43.5 Å². The van der Waals surface area contributed by atoms with E-state index < -0.39 is 28.3 Å². The van der Waals surface area contributed by atoms with Crippen LogP contribution in [0.1, 0.15) is 68.7 Å². The van der Waals surface area contributed by atoms with Gasteiger partial charge in [-0.3, -0.25) is 0 Å². The van der Waals surface area contributed by atoms with Gasteiger partial charge in [0.25, 0.3) is 16.6 Å². The number of hydrogen-bond acceptors (Lipinski definition) is 4. The molecule has 0 unspecified atom stereocenters. The SMILES string of the molecule is CC(C)(C)OC(=O)N[C@@H](CCO[Si](c1ccccc1)(c1ccccc1)C(C)(C)C)CO[Si](c1ccccc1)(c1ccccc1)C(C)(C)C. The van der Waals surface area contributed by atoms with E-state index in [1.165, 1.54) is 20.7 Å². The molecule has 0 saturated carbocycles. The molecule has 0 bridgehead atoms. The molecule has 0 aromatic heterocycles. The Bertz CT molecular complexity index is 1480. The minimum absolute atomic E-state index is 0.158. The third-order valence-electron chi connectivity index (χ3n) is 8.84. The molecule has 0 saturated heterocycles. The summed E-state index contributed by atoms with van der Waals surface area (Å²) in [6, 6.07) is 42.1. The van der Waals surface area contributed by atoms with Gasteiger partial charge in [0.15, 0.2) is 0 Å². The van der Waals surface area contributed by atoms with Gasteiger partial charge in [-0.25, -0.2) is 4.79 Å². The van der Waals surface area contributed by atoms with Gasteiger partial charge in [0.1, 0.15) is 5.60 Å². The van der Waals surface area contributed by atoms with Crippen molar-refractivity contribution in [1.82, 2.24) is 5.32 Å². The molecule has 0 fully saturated rings. The molecular formula is C41H55NO4Si2. The average Bonchev–Trinajstić information content (AvgIpc) is 3.03. The van der Waals surface area contributed by atoms with Gasteiger partial charge in [-0.2, -0.15) is 0 Å². The fraction of sp³-hybridized carbons (Fsp3) is 0.390. The van der Waals surface area contributed by atoms with Crippen LogP contribution < -0.4 is 26.1 Å². The van der Waals surface area contributed by atoms with Crippen LogP contribution in [-0.2, 0) is 13.6 Å². The maximum Gasteiger partial charge on any atom is 0.407 e. The van der Waals surface area contributed by atoms with Crippen LogP contribution in [-0.4, -0.2) is 47.6 Å². The summed E-state index contributed by atoms with van der Waals surface area (Å²) in [6.45, 7) is 20.0. The summed E-state index contributed by atoms with van der Waals surface area (Å²) in [6.07, 6.45) is 0.103. The fourth-order valence-corrected chi connectivity index (χ4v) is 16.0. The smallest absolute Gasteiger partial charge is 0.407 e. The van der Waals surface area contributed by atoms with Crippen molar-refractivity contribution in [2.45, 2.75) is 90.5 Å². The molecule has 0 aliphatic rings. The Kier molecular flexibility index (Phi) is 12.0. The second-order valence-electron chi connectivity index (χ2n) is 15.6. The summed E-state index contributed by atoms with van der Waals surface area (Å²) < 4.78 is 20.3. The first-order valence-corrected chi connectivity index (χ1v) is 20.9. The van der Waals surface area contributed by atoms with E-state index in [4.69, 9.17) is 13.6 Å². The monoisotopic (exact) mass is 681 g/mol. The number of alkyl carbamates (subject to hydrolysis) is 1. The highest BCUT2D eigenvalue weighted by molar-refractivity contribution is 7.00. The van der Waals surface area contributed by atoms with Crippen LogP contribution in [0, 0.1) is 0 Å². The van der Waals surface area contributed by atoms with Crippen molar-refractivity contribution in [3.05, 3.63) is 121 Å². The number of carbonyl (C=O) groups excluding carboxylic acids is 1. The Morgan fingerprint density at radius 2 is 0.896 bits per heavy atom. The number of rotatable bonds is 12. The van der Waals surface area contributed by atoms with Gasteiger partial charge >= 0.3 is 6.09 Å². The molecule has 48 heavy (non-hydrogen) atoms. The van der Waals surface area contributed by atoms with E-state index in [0.29, 0.717) is 19.6 Å². The lowest BCUT2D eigenvalue weighted by Gasteiger charge is -2.44. The van der Waals surface area contributed by atoms with E-state index in [9.17, 15) is 4.79 Å². The number of carbonyl (C=O) groups is 1. The average molecular weight is 682 g/mol. The Balaban J connectivity index is 1.71. The van der Waals surface area contributed by atoms with Gasteiger partial charge in [0.2, 0.25) is 0 Å². The van der Waals surface area contributed by atoms with Crippen molar-refractivity contribution in [1.29, 1.82) is 0 Å². The lowest BCUT2D eigenvalue weighted by molar-refractivity contribution is 0.0477. The van der Waals surface area contributed by atoms with Crippen molar-refractivity contribution in [3.8, 4) is 0 Å². The van der Waals surface area contributed by atoms with Crippen molar-refractivity contribution in [3.63, 3.8) is 0 Å². The number of ether oxygens (including phenoxy) is 1. The van der Waals surface area contributed by atoms with E-state index >= 15 is 0 Å². The van der Waals surface area contributed by atoms with Crippen LogP contribution in [0.4, 0.5) is 4.79 Å². The summed E-state index contributed by atoms with van der Waals surface area (Å²) in [5.74, 6) is 0. The van der Waals surface area contributed by atoms with E-state index in [1.54, 1.807) is 0 Å². The second kappa shape index (κ2) is 15.4. The number of benzene rings is 4. The zero-order chi connectivity index (χ0) is 35.1. The standard InChI is InChI=1S/C41H55NO4Si2/c1-39(2,3)46-38(43)42-33(32-45-48(41(7,8)9,36-26-18-12-19-27-36)37-28-20-13-21-29-37)30-31-44-47(40(4,5)6,34-22-14-10-15-23-34)35-24-16-11-17-25-35/h10-29,33H,30-32H2,1-9H3,(H,42,43)/t33-/m0/s1. The predicted octanol–water partition coefficient (Wildman–Crippen LogP) is 7.42. The highest BCUT2D eigenvalue weighted by Gasteiger charge is 2.51. The van der Waals surface area contributed by atoms with Crippen LogP contribution in [0.15, 0.2) is 121 Å². The Morgan fingerprint density at radius 3 is 1.21 bits per heavy atom. The lowest BCUT2D eigenvalue weighted by atomic mass is 10.2. The molecule has 7 heteroatoms. The Morgan fingerprint density at radius 1 is 0.562 bits per heavy atom. The molecule has 1 atom stereocenters. The fourth-order valence-electron chi connectivity index (χ4n) is 6.77. The van der Waals surface area contributed by atoms with E-state index in [2.05, 4.69) is 156 Å². The summed E-state index contributed by atoms with van der Waals surface area (Å²) >= 11 is 0. The molecule has 0 radical (unpaired) electrons. The van der Waals surface area contributed by atoms with E-state index in [-0.39, 0.29) is 16.1 Å². The molecule has 5 nitrogen and oxygen atoms in total. The Hall–Kier alpha value is -3.50. The van der Waals surface area contributed by atoms with Crippen LogP contribution in [0.2, 0.25) is 10.1 Å². The quantitative estimate of drug-likeness (QED) is 0.158. The van der Waals surface area contributed by atoms with Crippen LogP contribution >= 0.6 is 0 Å². The second-order valence-corrected chi connectivity index (χ2v) is 24.2. The van der Waals surface area contributed by atoms with Crippen LogP contribution in [0.5, 0.6) is 0 Å². The summed E-state index contributed by atoms with van der Waals surface area (Å²) in [5, 5.41) is 7.67. The molecule has 4 aromatic carbocycles. The van der Waals surface area contributed by atoms with Gasteiger partial charge in [0, 0.05) is 6.61 Å². The molecule has 0 spiro atoms. The number of hydrogen-bond donors (Lipinski definition) is 1. The highest BCUT2D eigenvalue weighted by atomic mass is 28.4. The molecular weight excluding hydrogens is 627 g/mol. The molecule has 0 aliphatic heterocycles. The van der Waals surface area contributed by atoms with Crippen molar-refractivity contribution in [2.75, 3.05) is 13.2 Å². The number of amides is 1. The van der Waals surface area contributed by atoms with Crippen LogP contribution in [0.25, 0.3) is 0 Å². The normalized spacial score (nSPS) is 13.5. The van der Waals surface area contributed by atoms with Crippen molar-refractivity contribution in [2.24, 2.45) is 0 Å². The zero-order valence-electron chi connectivity index (χ0n) is 30.4. The maximum absolute atomic E-state index is 13.3. The van der Waals surface area contributed by atoms with Gasteiger partial charge in [-0.1, -0.05) is 163 Å². The van der Waals surface area contributed by atoms with Gasteiger partial charge < -0.3 is 18.9 Å². The largest absolute Gasteiger partial charge is 0.444 e. The molecule has 1 amide bonds. The minimum Gasteiger partial charge on any atom is -0.444 e. The highest BCUT2D eigenvalue weighted by Crippen LogP contribution is 2.38. The third-order valence-corrected chi connectivity index (χ3v) is 18.9. The summed E-state index contributed by atoms with van der Waals surface area (Å²) in [5.41, 5.74) is -0.626. The van der Waals surface area contributed by atoms with Crippen LogP contribution in [0.3, 0.4) is 0 Å². The zero-order valence-corrected chi connectivity index (χ0v) is 32.4. The molecule has 0 heterocycles. The first-order chi connectivity index (χ1) is 22.6. The van der Waals surface area contributed by atoms with Crippen molar-refractivity contribution < 1.29 is 18.4 Å². The third kappa shape index (κ3) is 8.56. The summed E-state index contributed by atoms with van der Waals surface area (Å²) in [7, 11) is -5.61. The number of nitrogens with one attached hydrogen (secondary N) is 1. The summed E-state index contributed by atoms with van der Waals surface area (Å²) in [4.78, 5) is 13.3. The minimum atomic E-state index is -2.85. The molecule has 256 valence electrons. The topological polar surface area (TPSA) is 56.8 Å². The lowest BCUT2D eigenvalue weighted by Crippen LogP contribution is -2.67. The molecule has 0 aliphatic carbocycles. The maximum atomic E-state index is 13.3. The van der Waals surface area contributed by atoms with E-state index in [0.717, 1.165) is 0 Å². The van der Waals surface area contributed by atoms with E-state index in [1.807, 2.05) is 32.9 Å². The molecule has 1 N–H and O–H groups in total. The predicted molar refractivity (Wildman–Crippen MR) is 205 cm³/mol. The molecule has 4 rings (SSSR count).